The summed E-state index contributed by atoms with van der Waals surface area (Å²) in [4.78, 5) is 28.5. The van der Waals surface area contributed by atoms with Gasteiger partial charge in [-0.2, -0.15) is 5.10 Å². The number of rotatable bonds is 4. The zero-order valence-electron chi connectivity index (χ0n) is 18.9. The Kier molecular flexibility index (Phi) is 6.00. The molecule has 2 fully saturated rings. The minimum Gasteiger partial charge on any atom is -0.378 e. The number of aromatic nitrogens is 2. The summed E-state index contributed by atoms with van der Waals surface area (Å²) in [7, 11) is 0. The van der Waals surface area contributed by atoms with Crippen molar-refractivity contribution in [2.24, 2.45) is 0 Å². The summed E-state index contributed by atoms with van der Waals surface area (Å²) in [5.74, 6) is 0.419. The molecule has 4 heterocycles. The minimum atomic E-state index is -0.0616. The molecule has 2 saturated heterocycles. The van der Waals surface area contributed by atoms with Crippen molar-refractivity contribution in [3.05, 3.63) is 59.9 Å². The second-order valence-corrected chi connectivity index (χ2v) is 8.74. The van der Waals surface area contributed by atoms with Gasteiger partial charge in [0.1, 0.15) is 0 Å². The Bertz CT molecular complexity index is 1140. The molecule has 0 bridgehead atoms. The summed E-state index contributed by atoms with van der Waals surface area (Å²) < 4.78 is 7.17. The van der Waals surface area contributed by atoms with Crippen LogP contribution in [0.1, 0.15) is 41.6 Å². The first-order valence-electron chi connectivity index (χ1n) is 11.6. The summed E-state index contributed by atoms with van der Waals surface area (Å²) in [5.41, 5.74) is 4.79. The molecule has 2 amide bonds. The van der Waals surface area contributed by atoms with Gasteiger partial charge in [0, 0.05) is 50.7 Å². The van der Waals surface area contributed by atoms with Crippen LogP contribution in [0.15, 0.2) is 48.8 Å². The molecule has 0 radical (unpaired) electrons. The zero-order valence-corrected chi connectivity index (χ0v) is 18.9. The highest BCUT2D eigenvalue weighted by Gasteiger charge is 2.24. The van der Waals surface area contributed by atoms with Gasteiger partial charge in [-0.15, -0.1) is 0 Å². The first-order valence-corrected chi connectivity index (χ1v) is 11.6. The lowest BCUT2D eigenvalue weighted by Gasteiger charge is -2.34. The fourth-order valence-electron chi connectivity index (χ4n) is 4.78. The molecule has 0 saturated carbocycles. The lowest BCUT2D eigenvalue weighted by Crippen LogP contribution is -2.40. The van der Waals surface area contributed by atoms with Gasteiger partial charge in [0.2, 0.25) is 5.91 Å². The number of hydrogen-bond donors (Lipinski definition) is 1. The van der Waals surface area contributed by atoms with Gasteiger partial charge in [-0.05, 0) is 60.7 Å². The van der Waals surface area contributed by atoms with Crippen molar-refractivity contribution in [3.63, 3.8) is 0 Å². The molecular weight excluding hydrogens is 418 g/mol. The Morgan fingerprint density at radius 1 is 1.03 bits per heavy atom. The van der Waals surface area contributed by atoms with E-state index < -0.39 is 0 Å². The van der Waals surface area contributed by atoms with E-state index in [1.807, 2.05) is 23.2 Å². The highest BCUT2D eigenvalue weighted by Crippen LogP contribution is 2.32. The van der Waals surface area contributed by atoms with Crippen LogP contribution in [0.2, 0.25) is 0 Å². The second kappa shape index (κ2) is 9.23. The Hall–Kier alpha value is -3.39. The predicted octanol–water partition coefficient (Wildman–Crippen LogP) is 3.15. The van der Waals surface area contributed by atoms with Crippen molar-refractivity contribution in [2.75, 3.05) is 49.6 Å². The maximum Gasteiger partial charge on any atom is 0.257 e. The van der Waals surface area contributed by atoms with Crippen molar-refractivity contribution in [3.8, 4) is 0 Å². The molecule has 2 aromatic heterocycles. The van der Waals surface area contributed by atoms with Crippen LogP contribution >= 0.6 is 0 Å². The number of anilines is 2. The number of morpholine rings is 1. The van der Waals surface area contributed by atoms with Crippen molar-refractivity contribution >= 4 is 28.7 Å². The normalized spacial score (nSPS) is 17.4. The number of fused-ring (bicyclic) bond motifs is 1. The molecule has 3 aromatic rings. The molecule has 2 aliphatic rings. The first-order chi connectivity index (χ1) is 16.1. The Balaban J connectivity index is 1.27. The predicted molar refractivity (Wildman–Crippen MR) is 127 cm³/mol. The van der Waals surface area contributed by atoms with E-state index >= 15 is 0 Å². The third-order valence-corrected chi connectivity index (χ3v) is 6.59. The molecule has 8 nitrogen and oxygen atoms in total. The van der Waals surface area contributed by atoms with Crippen LogP contribution in [-0.2, 0) is 9.53 Å². The van der Waals surface area contributed by atoms with Crippen molar-refractivity contribution in [2.45, 2.75) is 25.7 Å². The number of amides is 2. The highest BCUT2D eigenvalue weighted by molar-refractivity contribution is 6.00. The van der Waals surface area contributed by atoms with E-state index in [0.29, 0.717) is 37.8 Å². The highest BCUT2D eigenvalue weighted by atomic mass is 16.5. The monoisotopic (exact) mass is 447 g/mol. The van der Waals surface area contributed by atoms with Gasteiger partial charge in [-0.1, -0.05) is 0 Å². The largest absolute Gasteiger partial charge is 0.378 e. The van der Waals surface area contributed by atoms with E-state index in [-0.39, 0.29) is 11.8 Å². The third kappa shape index (κ3) is 4.57. The number of carbonyl (C=O) groups excluding carboxylic acids is 2. The molecule has 172 valence electrons. The van der Waals surface area contributed by atoms with Crippen LogP contribution < -0.4 is 10.2 Å². The molecule has 8 heteroatoms. The number of nitrogens with zero attached hydrogens (tertiary/aromatic N) is 4. The van der Waals surface area contributed by atoms with Gasteiger partial charge in [-0.25, -0.2) is 4.52 Å². The Morgan fingerprint density at radius 3 is 2.45 bits per heavy atom. The van der Waals surface area contributed by atoms with E-state index in [1.54, 1.807) is 10.7 Å². The van der Waals surface area contributed by atoms with Gasteiger partial charge in [0.25, 0.3) is 5.91 Å². The maximum atomic E-state index is 13.0. The first kappa shape index (κ1) is 21.5. The van der Waals surface area contributed by atoms with Crippen LogP contribution in [0.5, 0.6) is 0 Å². The Labute approximate surface area is 193 Å². The molecule has 33 heavy (non-hydrogen) atoms. The van der Waals surface area contributed by atoms with Crippen LogP contribution in [0, 0.1) is 0 Å². The minimum absolute atomic E-state index is 0.0305. The fraction of sp³-hybridized carbons (Fsp3) is 0.400. The van der Waals surface area contributed by atoms with E-state index in [9.17, 15) is 9.59 Å². The number of hydrogen-bond acceptors (Lipinski definition) is 5. The van der Waals surface area contributed by atoms with Gasteiger partial charge in [0.15, 0.2) is 0 Å². The number of ether oxygens (including phenoxy) is 1. The maximum absolute atomic E-state index is 13.0. The van der Waals surface area contributed by atoms with Gasteiger partial charge < -0.3 is 19.9 Å². The van der Waals surface area contributed by atoms with Crippen molar-refractivity contribution in [1.29, 1.82) is 0 Å². The van der Waals surface area contributed by atoms with Gasteiger partial charge >= 0.3 is 0 Å². The van der Waals surface area contributed by atoms with Crippen LogP contribution in [-0.4, -0.2) is 65.7 Å². The molecule has 0 atom stereocenters. The topological polar surface area (TPSA) is 79.2 Å². The standard InChI is InChI=1S/C25H29N5O3/c1-18(31)27-21-2-4-22(5-3-21)28-9-6-19(7-10-28)20-8-11-30-24(16-20)23(17-26-30)25(32)29-12-14-33-15-13-29/h2-5,8,11,16-17,19H,6-7,9-10,12-15H2,1H3,(H,27,31). The van der Waals surface area contributed by atoms with Crippen LogP contribution in [0.3, 0.4) is 0 Å². The zero-order chi connectivity index (χ0) is 22.8. The van der Waals surface area contributed by atoms with Gasteiger partial charge in [0.05, 0.1) is 30.5 Å². The average molecular weight is 448 g/mol. The number of pyridine rings is 1. The fourth-order valence-corrected chi connectivity index (χ4v) is 4.78. The van der Waals surface area contributed by atoms with E-state index in [4.69, 9.17) is 4.74 Å². The Morgan fingerprint density at radius 2 is 1.76 bits per heavy atom. The lowest BCUT2D eigenvalue weighted by atomic mass is 9.89. The van der Waals surface area contributed by atoms with E-state index in [1.165, 1.54) is 18.2 Å². The molecule has 5 rings (SSSR count). The summed E-state index contributed by atoms with van der Waals surface area (Å²) in [5, 5.41) is 7.21. The van der Waals surface area contributed by atoms with Crippen molar-refractivity contribution < 1.29 is 14.3 Å². The molecule has 0 spiro atoms. The number of carbonyl (C=O) groups is 2. The van der Waals surface area contributed by atoms with Crippen molar-refractivity contribution in [1.82, 2.24) is 14.5 Å². The SMILES string of the molecule is CC(=O)Nc1ccc(N2CCC(c3ccn4ncc(C(=O)N5CCOCC5)c4c3)CC2)cc1. The lowest BCUT2D eigenvalue weighted by molar-refractivity contribution is -0.114. The molecule has 1 N–H and O–H groups in total. The molecule has 1 aromatic carbocycles. The van der Waals surface area contributed by atoms with Gasteiger partial charge in [-0.3, -0.25) is 9.59 Å². The number of piperidine rings is 1. The van der Waals surface area contributed by atoms with Crippen LogP contribution in [0.4, 0.5) is 11.4 Å². The molecular formula is C25H29N5O3. The summed E-state index contributed by atoms with van der Waals surface area (Å²) >= 11 is 0. The smallest absolute Gasteiger partial charge is 0.257 e. The molecule has 2 aliphatic heterocycles. The average Bonchev–Trinajstić information content (AvgIpc) is 3.28. The van der Waals surface area contributed by atoms with Crippen LogP contribution in [0.25, 0.3) is 5.52 Å². The second-order valence-electron chi connectivity index (χ2n) is 8.74. The molecule has 0 aliphatic carbocycles. The number of nitrogens with one attached hydrogen (secondary N) is 1. The van der Waals surface area contributed by atoms with E-state index in [2.05, 4.69) is 39.6 Å². The third-order valence-electron chi connectivity index (χ3n) is 6.59. The quantitative estimate of drug-likeness (QED) is 0.665. The summed E-state index contributed by atoms with van der Waals surface area (Å²) in [6.45, 7) is 5.87. The molecule has 0 unspecified atom stereocenters. The number of benzene rings is 1. The summed E-state index contributed by atoms with van der Waals surface area (Å²) in [6, 6.07) is 12.3. The summed E-state index contributed by atoms with van der Waals surface area (Å²) in [6.07, 6.45) is 5.74. The van der Waals surface area contributed by atoms with E-state index in [0.717, 1.165) is 37.1 Å².